The van der Waals surface area contributed by atoms with Crippen LogP contribution in [0, 0.1) is 19.7 Å². The number of benzene rings is 1. The number of Topliss-reactive ketones (excluding diaryl/α,β-unsaturated/α-hetero) is 1. The summed E-state index contributed by atoms with van der Waals surface area (Å²) >= 11 is 1.42. The maximum absolute atomic E-state index is 12.9. The summed E-state index contributed by atoms with van der Waals surface area (Å²) in [4.78, 5) is 13.3. The topological polar surface area (TPSA) is 31.2 Å². The van der Waals surface area contributed by atoms with Crippen LogP contribution in [-0.2, 0) is 11.3 Å². The van der Waals surface area contributed by atoms with Crippen molar-refractivity contribution in [3.8, 4) is 0 Å². The largest absolute Gasteiger partial charge is 0.383 e. The molecule has 22 heavy (non-hydrogen) atoms. The normalized spacial score (nSPS) is 10.9. The minimum Gasteiger partial charge on any atom is -0.383 e. The zero-order valence-electron chi connectivity index (χ0n) is 13.1. The molecule has 0 saturated carbocycles. The van der Waals surface area contributed by atoms with Gasteiger partial charge in [-0.3, -0.25) is 4.79 Å². The van der Waals surface area contributed by atoms with E-state index in [4.69, 9.17) is 4.74 Å². The van der Waals surface area contributed by atoms with Crippen molar-refractivity contribution in [2.45, 2.75) is 25.3 Å². The average molecular weight is 321 g/mol. The van der Waals surface area contributed by atoms with Gasteiger partial charge in [0.2, 0.25) is 0 Å². The number of ketones is 1. The quantitative estimate of drug-likeness (QED) is 0.573. The number of nitrogens with zero attached hydrogens (tertiary/aromatic N) is 1. The second-order valence-electron chi connectivity index (χ2n) is 5.10. The lowest BCUT2D eigenvalue weighted by molar-refractivity contribution is 0.102. The molecule has 5 heteroatoms. The van der Waals surface area contributed by atoms with Gasteiger partial charge in [-0.1, -0.05) is 0 Å². The summed E-state index contributed by atoms with van der Waals surface area (Å²) < 4.78 is 20.1. The van der Waals surface area contributed by atoms with Gasteiger partial charge in [0.1, 0.15) is 5.82 Å². The van der Waals surface area contributed by atoms with Crippen LogP contribution in [0.15, 0.2) is 35.2 Å². The maximum atomic E-state index is 12.9. The van der Waals surface area contributed by atoms with Gasteiger partial charge in [-0.2, -0.15) is 0 Å². The fourth-order valence-corrected chi connectivity index (χ4v) is 3.15. The molecule has 0 amide bonds. The summed E-state index contributed by atoms with van der Waals surface area (Å²) in [6.45, 7) is 5.31. The molecule has 0 radical (unpaired) electrons. The van der Waals surface area contributed by atoms with Crippen LogP contribution in [0.1, 0.15) is 21.7 Å². The number of aromatic nitrogens is 1. The second-order valence-corrected chi connectivity index (χ2v) is 6.14. The lowest BCUT2D eigenvalue weighted by atomic mass is 10.2. The van der Waals surface area contributed by atoms with Crippen LogP contribution in [0.3, 0.4) is 0 Å². The molecule has 118 valence electrons. The highest BCUT2D eigenvalue weighted by molar-refractivity contribution is 8.00. The Morgan fingerprint density at radius 2 is 1.95 bits per heavy atom. The minimum atomic E-state index is -0.266. The highest BCUT2D eigenvalue weighted by Crippen LogP contribution is 2.22. The summed E-state index contributed by atoms with van der Waals surface area (Å²) in [6.07, 6.45) is 0. The molecule has 0 fully saturated rings. The smallest absolute Gasteiger partial charge is 0.174 e. The van der Waals surface area contributed by atoms with Crippen LogP contribution >= 0.6 is 11.8 Å². The van der Waals surface area contributed by atoms with Gasteiger partial charge in [0.15, 0.2) is 5.78 Å². The van der Waals surface area contributed by atoms with E-state index in [-0.39, 0.29) is 11.6 Å². The summed E-state index contributed by atoms with van der Waals surface area (Å²) in [5, 5.41) is 0. The van der Waals surface area contributed by atoms with Crippen LogP contribution in [0.5, 0.6) is 0 Å². The molecule has 1 heterocycles. The number of hydrogen-bond donors (Lipinski definition) is 0. The maximum Gasteiger partial charge on any atom is 0.174 e. The van der Waals surface area contributed by atoms with Crippen molar-refractivity contribution < 1.29 is 13.9 Å². The molecule has 2 aromatic rings. The van der Waals surface area contributed by atoms with Crippen LogP contribution in [-0.4, -0.2) is 29.8 Å². The minimum absolute atomic E-state index is 0.0890. The van der Waals surface area contributed by atoms with Gasteiger partial charge in [-0.25, -0.2) is 4.39 Å². The molecule has 0 bridgehead atoms. The lowest BCUT2D eigenvalue weighted by Gasteiger charge is -2.08. The standard InChI is InChI=1S/C17H20FNO2S/c1-12-10-16(13(2)19(12)8-9-21-3)17(20)11-22-15-6-4-14(18)5-7-15/h4-7,10H,8-9,11H2,1-3H3. The molecule has 1 aromatic heterocycles. The molecule has 1 aromatic carbocycles. The van der Waals surface area contributed by atoms with Crippen LogP contribution in [0.4, 0.5) is 4.39 Å². The summed E-state index contributed by atoms with van der Waals surface area (Å²) in [5.74, 6) is 0.170. The Morgan fingerprint density at radius 1 is 1.27 bits per heavy atom. The van der Waals surface area contributed by atoms with Gasteiger partial charge >= 0.3 is 0 Å². The monoisotopic (exact) mass is 321 g/mol. The van der Waals surface area contributed by atoms with E-state index >= 15 is 0 Å². The molecular formula is C17H20FNO2S. The number of ether oxygens (including phenoxy) is 1. The van der Waals surface area contributed by atoms with E-state index in [1.165, 1.54) is 23.9 Å². The van der Waals surface area contributed by atoms with Gasteiger partial charge in [-0.15, -0.1) is 11.8 Å². The molecule has 0 aliphatic heterocycles. The number of rotatable bonds is 7. The molecule has 0 saturated heterocycles. The van der Waals surface area contributed by atoms with Crippen molar-refractivity contribution >= 4 is 17.5 Å². The van der Waals surface area contributed by atoms with E-state index in [0.717, 1.165) is 28.4 Å². The fraction of sp³-hybridized carbons (Fsp3) is 0.353. The summed E-state index contributed by atoms with van der Waals surface area (Å²) in [7, 11) is 1.67. The predicted molar refractivity (Wildman–Crippen MR) is 87.2 cm³/mol. The third kappa shape index (κ3) is 3.99. The SMILES string of the molecule is COCCn1c(C)cc(C(=O)CSc2ccc(F)cc2)c1C. The first-order valence-corrected chi connectivity index (χ1v) is 8.08. The highest BCUT2D eigenvalue weighted by Gasteiger charge is 2.15. The number of aryl methyl sites for hydroxylation is 1. The Hall–Kier alpha value is -1.59. The van der Waals surface area contributed by atoms with E-state index in [9.17, 15) is 9.18 Å². The highest BCUT2D eigenvalue weighted by atomic mass is 32.2. The molecule has 3 nitrogen and oxygen atoms in total. The number of thioether (sulfide) groups is 1. The zero-order chi connectivity index (χ0) is 16.1. The van der Waals surface area contributed by atoms with Crippen molar-refractivity contribution in [2.75, 3.05) is 19.5 Å². The first-order chi connectivity index (χ1) is 10.5. The van der Waals surface area contributed by atoms with Crippen molar-refractivity contribution in [3.63, 3.8) is 0 Å². The van der Waals surface area contributed by atoms with Crippen molar-refractivity contribution in [2.24, 2.45) is 0 Å². The molecule has 2 rings (SSSR count). The Bertz CT molecular complexity index is 649. The number of hydrogen-bond acceptors (Lipinski definition) is 3. The van der Waals surface area contributed by atoms with Crippen LogP contribution < -0.4 is 0 Å². The van der Waals surface area contributed by atoms with Crippen molar-refractivity contribution in [1.82, 2.24) is 4.57 Å². The molecule has 0 spiro atoms. The van der Waals surface area contributed by atoms with E-state index in [1.807, 2.05) is 19.9 Å². The first-order valence-electron chi connectivity index (χ1n) is 7.10. The summed E-state index contributed by atoms with van der Waals surface area (Å²) in [5.41, 5.74) is 2.78. The second kappa shape index (κ2) is 7.61. The fourth-order valence-electron chi connectivity index (χ4n) is 2.37. The van der Waals surface area contributed by atoms with E-state index < -0.39 is 0 Å². The van der Waals surface area contributed by atoms with Gasteiger partial charge in [0.25, 0.3) is 0 Å². The van der Waals surface area contributed by atoms with E-state index in [0.29, 0.717) is 12.4 Å². The zero-order valence-corrected chi connectivity index (χ0v) is 13.9. The van der Waals surface area contributed by atoms with Crippen LogP contribution in [0.2, 0.25) is 0 Å². The molecular weight excluding hydrogens is 301 g/mol. The Balaban J connectivity index is 2.04. The molecule has 0 aliphatic carbocycles. The van der Waals surface area contributed by atoms with E-state index in [1.54, 1.807) is 19.2 Å². The van der Waals surface area contributed by atoms with Crippen LogP contribution in [0.25, 0.3) is 0 Å². The summed E-state index contributed by atoms with van der Waals surface area (Å²) in [6, 6.07) is 8.12. The number of carbonyl (C=O) groups excluding carboxylic acids is 1. The van der Waals surface area contributed by atoms with E-state index in [2.05, 4.69) is 4.57 Å². The Kier molecular flexibility index (Phi) is 5.80. The number of methoxy groups -OCH3 is 1. The van der Waals surface area contributed by atoms with Gasteiger partial charge in [0.05, 0.1) is 12.4 Å². The van der Waals surface area contributed by atoms with Gasteiger partial charge in [0, 0.05) is 35.5 Å². The third-order valence-corrected chi connectivity index (χ3v) is 4.59. The average Bonchev–Trinajstić information content (AvgIpc) is 2.79. The number of halogens is 1. The Morgan fingerprint density at radius 3 is 2.59 bits per heavy atom. The first kappa shape index (κ1) is 16.8. The third-order valence-electron chi connectivity index (χ3n) is 3.58. The Labute approximate surface area is 134 Å². The molecule has 0 unspecified atom stereocenters. The molecule has 0 atom stereocenters. The lowest BCUT2D eigenvalue weighted by Crippen LogP contribution is -2.09. The van der Waals surface area contributed by atoms with Crippen molar-refractivity contribution in [3.05, 3.63) is 53.1 Å². The predicted octanol–water partition coefficient (Wildman–Crippen LogP) is 3.87. The molecule has 0 N–H and O–H groups in total. The van der Waals surface area contributed by atoms with Crippen molar-refractivity contribution in [1.29, 1.82) is 0 Å². The van der Waals surface area contributed by atoms with Gasteiger partial charge in [-0.05, 0) is 44.2 Å². The number of carbonyl (C=O) groups is 1. The van der Waals surface area contributed by atoms with Gasteiger partial charge < -0.3 is 9.30 Å². The molecule has 0 aliphatic rings.